The third-order valence-corrected chi connectivity index (χ3v) is 8.07. The van der Waals surface area contributed by atoms with E-state index in [1.54, 1.807) is 0 Å². The van der Waals surface area contributed by atoms with Crippen LogP contribution < -0.4 is 9.47 Å². The van der Waals surface area contributed by atoms with Gasteiger partial charge in [0.2, 0.25) is 0 Å². The lowest BCUT2D eigenvalue weighted by atomic mass is 9.63. The first-order valence-electron chi connectivity index (χ1n) is 14.8. The molecule has 1 aliphatic heterocycles. The van der Waals surface area contributed by atoms with Gasteiger partial charge in [0.25, 0.3) is 0 Å². The number of benzene rings is 1. The van der Waals surface area contributed by atoms with E-state index in [2.05, 4.69) is 59.1 Å². The number of hydrogen-bond donors (Lipinski definition) is 0. The van der Waals surface area contributed by atoms with Gasteiger partial charge in [-0.1, -0.05) is 53.7 Å². The van der Waals surface area contributed by atoms with E-state index in [1.807, 2.05) is 19.1 Å². The molecule has 0 bridgehead atoms. The van der Waals surface area contributed by atoms with Crippen LogP contribution in [0.5, 0.6) is 11.5 Å². The quantitative estimate of drug-likeness (QED) is 0.289. The zero-order valence-corrected chi connectivity index (χ0v) is 25.2. The van der Waals surface area contributed by atoms with Crippen LogP contribution in [-0.4, -0.2) is 36.2 Å². The van der Waals surface area contributed by atoms with E-state index in [4.69, 9.17) is 9.47 Å². The molecule has 0 atom stereocenters. The number of ketones is 2. The largest absolute Gasteiger partial charge is 0.490 e. The first-order chi connectivity index (χ1) is 18.5. The van der Waals surface area contributed by atoms with Crippen molar-refractivity contribution in [3.05, 3.63) is 58.5 Å². The molecule has 1 aromatic carbocycles. The normalized spacial score (nSPS) is 20.6. The molecule has 0 saturated heterocycles. The fourth-order valence-corrected chi connectivity index (χ4v) is 6.66. The number of Topliss-reactive ketones (excluding diaryl/α,β-unsaturated/α-hetero) is 2. The number of nitrogens with zero attached hydrogens (tertiary/aromatic N) is 1. The van der Waals surface area contributed by atoms with Crippen LogP contribution in [0.15, 0.2) is 47.3 Å². The number of ether oxygens (including phenoxy) is 2. The van der Waals surface area contributed by atoms with Gasteiger partial charge in [0.15, 0.2) is 23.1 Å². The zero-order chi connectivity index (χ0) is 28.5. The fourth-order valence-electron chi connectivity index (χ4n) is 6.66. The van der Waals surface area contributed by atoms with E-state index >= 15 is 0 Å². The zero-order valence-electron chi connectivity index (χ0n) is 25.2. The maximum atomic E-state index is 14.0. The third kappa shape index (κ3) is 5.73. The van der Waals surface area contributed by atoms with E-state index in [0.717, 1.165) is 71.6 Å². The van der Waals surface area contributed by atoms with Crippen LogP contribution in [-0.2, 0) is 16.0 Å². The monoisotopic (exact) mass is 533 g/mol. The van der Waals surface area contributed by atoms with Crippen molar-refractivity contribution in [3.63, 3.8) is 0 Å². The van der Waals surface area contributed by atoms with Crippen LogP contribution in [0.3, 0.4) is 0 Å². The Balaban J connectivity index is 2.02. The van der Waals surface area contributed by atoms with Crippen LogP contribution >= 0.6 is 0 Å². The highest BCUT2D eigenvalue weighted by Crippen LogP contribution is 2.55. The smallest absolute Gasteiger partial charge is 0.164 e. The van der Waals surface area contributed by atoms with Crippen molar-refractivity contribution in [1.82, 2.24) is 4.90 Å². The van der Waals surface area contributed by atoms with Crippen molar-refractivity contribution in [2.45, 2.75) is 99.3 Å². The van der Waals surface area contributed by atoms with Gasteiger partial charge in [-0.3, -0.25) is 9.59 Å². The minimum absolute atomic E-state index is 0.124. The molecule has 0 fully saturated rings. The minimum atomic E-state index is -0.390. The van der Waals surface area contributed by atoms with Gasteiger partial charge in [-0.2, -0.15) is 0 Å². The summed E-state index contributed by atoms with van der Waals surface area (Å²) in [6.45, 7) is 20.8. The molecule has 0 radical (unpaired) electrons. The highest BCUT2D eigenvalue weighted by atomic mass is 16.5. The van der Waals surface area contributed by atoms with Gasteiger partial charge in [0, 0.05) is 53.4 Å². The van der Waals surface area contributed by atoms with Crippen LogP contribution in [0.1, 0.15) is 104 Å². The summed E-state index contributed by atoms with van der Waals surface area (Å²) in [5.41, 5.74) is 5.52. The molecule has 39 heavy (non-hydrogen) atoms. The van der Waals surface area contributed by atoms with E-state index in [-0.39, 0.29) is 22.4 Å². The summed E-state index contributed by atoms with van der Waals surface area (Å²) in [5.74, 6) is 1.34. The second kappa shape index (κ2) is 11.3. The predicted octanol–water partition coefficient (Wildman–Crippen LogP) is 7.70. The van der Waals surface area contributed by atoms with Crippen LogP contribution in [0, 0.1) is 10.8 Å². The molecule has 0 spiro atoms. The predicted molar refractivity (Wildman–Crippen MR) is 157 cm³/mol. The van der Waals surface area contributed by atoms with Gasteiger partial charge < -0.3 is 14.4 Å². The number of rotatable bonds is 10. The molecule has 0 aromatic heterocycles. The Bertz CT molecular complexity index is 1160. The third-order valence-electron chi connectivity index (χ3n) is 8.07. The lowest BCUT2D eigenvalue weighted by molar-refractivity contribution is -0.119. The number of hydrogen-bond acceptors (Lipinski definition) is 5. The molecule has 1 heterocycles. The number of allylic oxidation sites excluding steroid dienone is 5. The molecule has 1 aromatic rings. The molecule has 0 saturated carbocycles. The molecule has 5 heteroatoms. The molecular weight excluding hydrogens is 486 g/mol. The van der Waals surface area contributed by atoms with Crippen LogP contribution in [0.25, 0.3) is 0 Å². The molecule has 0 unspecified atom stereocenters. The summed E-state index contributed by atoms with van der Waals surface area (Å²) >= 11 is 0. The van der Waals surface area contributed by atoms with E-state index in [1.165, 1.54) is 0 Å². The molecule has 2 aliphatic carbocycles. The van der Waals surface area contributed by atoms with Crippen molar-refractivity contribution in [3.8, 4) is 11.5 Å². The van der Waals surface area contributed by atoms with Crippen LogP contribution in [0.4, 0.5) is 0 Å². The standard InChI is InChI=1S/C34H47NO4/c1-9-13-22-16-23(17-28(38-12-4)32(22)39-15-11-3)29-30-24(18-33(5,6)20-26(30)36)35(14-10-2)25-19-34(7,8)21-27(37)31(25)29/h9,16-17,29H,1,10-15,18-21H2,2-8H3. The first-order valence-corrected chi connectivity index (χ1v) is 14.8. The Morgan fingerprint density at radius 2 is 1.49 bits per heavy atom. The average molecular weight is 534 g/mol. The van der Waals surface area contributed by atoms with Crippen molar-refractivity contribution in [1.29, 1.82) is 0 Å². The van der Waals surface area contributed by atoms with Crippen LogP contribution in [0.2, 0.25) is 0 Å². The Hall–Kier alpha value is -2.82. The van der Waals surface area contributed by atoms with E-state index < -0.39 is 5.92 Å². The SMILES string of the molecule is C=CCc1cc(C2C3=C(CC(C)(C)CC3=O)N(CCC)C3=C2C(=O)CC(C)(C)C3)cc(OCC)c1OCCC. The van der Waals surface area contributed by atoms with Crippen molar-refractivity contribution in [2.24, 2.45) is 10.8 Å². The van der Waals surface area contributed by atoms with Crippen molar-refractivity contribution < 1.29 is 19.1 Å². The molecule has 3 aliphatic rings. The fraction of sp³-hybridized carbons (Fsp3) is 0.588. The molecule has 0 N–H and O–H groups in total. The number of carbonyl (C=O) groups excluding carboxylic acids is 2. The Morgan fingerprint density at radius 3 is 1.97 bits per heavy atom. The lowest BCUT2D eigenvalue weighted by Gasteiger charge is -2.49. The summed E-state index contributed by atoms with van der Waals surface area (Å²) < 4.78 is 12.3. The summed E-state index contributed by atoms with van der Waals surface area (Å²) in [6.07, 6.45) is 6.94. The topological polar surface area (TPSA) is 55.8 Å². The second-order valence-corrected chi connectivity index (χ2v) is 13.0. The summed E-state index contributed by atoms with van der Waals surface area (Å²) in [5, 5.41) is 0. The van der Waals surface area contributed by atoms with Crippen molar-refractivity contribution >= 4 is 11.6 Å². The molecule has 4 rings (SSSR count). The summed E-state index contributed by atoms with van der Waals surface area (Å²) in [4.78, 5) is 30.4. The Kier molecular flexibility index (Phi) is 8.49. The first kappa shape index (κ1) is 29.2. The highest BCUT2D eigenvalue weighted by molar-refractivity contribution is 6.06. The van der Waals surface area contributed by atoms with Gasteiger partial charge >= 0.3 is 0 Å². The Morgan fingerprint density at radius 1 is 0.897 bits per heavy atom. The van der Waals surface area contributed by atoms with Gasteiger partial charge in [0.05, 0.1) is 13.2 Å². The molecular formula is C34H47NO4. The van der Waals surface area contributed by atoms with Gasteiger partial charge in [0.1, 0.15) is 0 Å². The summed E-state index contributed by atoms with van der Waals surface area (Å²) in [6, 6.07) is 4.15. The minimum Gasteiger partial charge on any atom is -0.490 e. The number of carbonyl (C=O) groups is 2. The Labute approximate surface area is 235 Å². The van der Waals surface area contributed by atoms with E-state index in [0.29, 0.717) is 38.2 Å². The maximum Gasteiger partial charge on any atom is 0.164 e. The van der Waals surface area contributed by atoms with Gasteiger partial charge in [-0.15, -0.1) is 6.58 Å². The maximum absolute atomic E-state index is 14.0. The lowest BCUT2D eigenvalue weighted by Crippen LogP contribution is -2.44. The van der Waals surface area contributed by atoms with Gasteiger partial charge in [-0.05, 0) is 61.5 Å². The molecule has 0 amide bonds. The second-order valence-electron chi connectivity index (χ2n) is 13.0. The molecule has 5 nitrogen and oxygen atoms in total. The average Bonchev–Trinajstić information content (AvgIpc) is 2.83. The van der Waals surface area contributed by atoms with Gasteiger partial charge in [-0.25, -0.2) is 0 Å². The summed E-state index contributed by atoms with van der Waals surface area (Å²) in [7, 11) is 0. The van der Waals surface area contributed by atoms with E-state index in [9.17, 15) is 9.59 Å². The van der Waals surface area contributed by atoms with Crippen molar-refractivity contribution in [2.75, 3.05) is 19.8 Å². The highest BCUT2D eigenvalue weighted by Gasteiger charge is 2.49. The molecule has 212 valence electrons.